The van der Waals surface area contributed by atoms with Gasteiger partial charge in [-0.1, -0.05) is 13.0 Å². The molecule has 19 heavy (non-hydrogen) atoms. The van der Waals surface area contributed by atoms with Crippen molar-refractivity contribution in [1.82, 2.24) is 19.9 Å². The number of hydrogen-bond donors (Lipinski definition) is 3. The van der Waals surface area contributed by atoms with Crippen LogP contribution in [0.2, 0.25) is 0 Å². The van der Waals surface area contributed by atoms with Gasteiger partial charge < -0.3 is 16.0 Å². The van der Waals surface area contributed by atoms with E-state index in [0.717, 1.165) is 11.9 Å². The molecular weight excluding hydrogens is 260 g/mol. The number of anilines is 2. The lowest BCUT2D eigenvalue weighted by atomic mass is 10.2. The molecule has 1 atom stereocenters. The van der Waals surface area contributed by atoms with E-state index in [1.807, 2.05) is 6.07 Å². The van der Waals surface area contributed by atoms with Crippen LogP contribution in [0, 0.1) is 0 Å². The average molecular weight is 274 g/mol. The molecule has 7 heteroatoms. The second kappa shape index (κ2) is 4.85. The summed E-state index contributed by atoms with van der Waals surface area (Å²) in [4.78, 5) is 16.8. The maximum Gasteiger partial charge on any atom is 0.224 e. The van der Waals surface area contributed by atoms with Crippen LogP contribution in [0.15, 0.2) is 23.8 Å². The molecule has 0 saturated carbocycles. The zero-order valence-electron chi connectivity index (χ0n) is 10.4. The topological polar surface area (TPSA) is 92.5 Å². The first-order valence-corrected chi connectivity index (χ1v) is 6.92. The van der Waals surface area contributed by atoms with E-state index in [9.17, 15) is 0 Å². The van der Waals surface area contributed by atoms with E-state index in [1.54, 1.807) is 17.7 Å². The van der Waals surface area contributed by atoms with Crippen LogP contribution in [0.1, 0.15) is 24.3 Å². The molecule has 4 N–H and O–H groups in total. The molecule has 1 unspecified atom stereocenters. The van der Waals surface area contributed by atoms with Crippen molar-refractivity contribution in [1.29, 1.82) is 0 Å². The predicted octanol–water partition coefficient (Wildman–Crippen LogP) is 2.56. The molecule has 0 saturated heterocycles. The summed E-state index contributed by atoms with van der Waals surface area (Å²) in [6.07, 6.45) is 2.55. The van der Waals surface area contributed by atoms with Crippen LogP contribution in [-0.2, 0) is 0 Å². The smallest absolute Gasteiger partial charge is 0.224 e. The molecule has 3 rings (SSSR count). The van der Waals surface area contributed by atoms with E-state index in [-0.39, 0.29) is 12.0 Å². The summed E-state index contributed by atoms with van der Waals surface area (Å²) >= 11 is 1.72. The summed E-state index contributed by atoms with van der Waals surface area (Å²) in [6.45, 7) is 2.13. The predicted molar refractivity (Wildman–Crippen MR) is 77.1 cm³/mol. The van der Waals surface area contributed by atoms with Crippen LogP contribution in [0.25, 0.3) is 11.2 Å². The van der Waals surface area contributed by atoms with Crippen molar-refractivity contribution in [3.8, 4) is 0 Å². The SMILES string of the molecule is CCC(Nc1nc(N)nc2nc[nH]c12)c1cccs1. The standard InChI is InChI=1S/C12H14N6S/c1-2-7(8-4-3-5-19-8)16-11-9-10(15-6-14-9)17-12(13)18-11/h3-7H,2H2,1H3,(H4,13,14,15,16,17,18). The van der Waals surface area contributed by atoms with Gasteiger partial charge in [-0.3, -0.25) is 0 Å². The summed E-state index contributed by atoms with van der Waals surface area (Å²) in [5, 5.41) is 5.48. The van der Waals surface area contributed by atoms with Crippen molar-refractivity contribution in [2.45, 2.75) is 19.4 Å². The van der Waals surface area contributed by atoms with Gasteiger partial charge in [0.2, 0.25) is 5.95 Å². The van der Waals surface area contributed by atoms with Gasteiger partial charge in [-0.2, -0.15) is 9.97 Å². The number of nitrogen functional groups attached to an aromatic ring is 1. The molecule has 3 aromatic heterocycles. The fraction of sp³-hybridized carbons (Fsp3) is 0.250. The summed E-state index contributed by atoms with van der Waals surface area (Å²) in [5.74, 6) is 0.920. The van der Waals surface area contributed by atoms with Crippen molar-refractivity contribution in [2.75, 3.05) is 11.1 Å². The molecule has 0 aliphatic carbocycles. The molecule has 0 aliphatic heterocycles. The van der Waals surface area contributed by atoms with E-state index < -0.39 is 0 Å². The number of aromatic amines is 1. The van der Waals surface area contributed by atoms with E-state index in [2.05, 4.69) is 43.6 Å². The Hall–Kier alpha value is -2.15. The Morgan fingerprint density at radius 1 is 1.47 bits per heavy atom. The highest BCUT2D eigenvalue weighted by molar-refractivity contribution is 7.10. The Kier molecular flexibility index (Phi) is 3.04. The quantitative estimate of drug-likeness (QED) is 0.680. The minimum atomic E-state index is 0.209. The van der Waals surface area contributed by atoms with Gasteiger partial charge in [-0.05, 0) is 17.9 Å². The Balaban J connectivity index is 1.98. The first-order valence-electron chi connectivity index (χ1n) is 6.04. The number of nitrogens with zero attached hydrogens (tertiary/aromatic N) is 3. The van der Waals surface area contributed by atoms with Gasteiger partial charge in [0.25, 0.3) is 0 Å². The lowest BCUT2D eigenvalue weighted by Gasteiger charge is -2.16. The van der Waals surface area contributed by atoms with Crippen LogP contribution >= 0.6 is 11.3 Å². The third-order valence-electron chi connectivity index (χ3n) is 2.91. The fourth-order valence-electron chi connectivity index (χ4n) is 1.98. The maximum absolute atomic E-state index is 5.71. The number of fused-ring (bicyclic) bond motifs is 1. The molecule has 98 valence electrons. The van der Waals surface area contributed by atoms with Crippen LogP contribution < -0.4 is 11.1 Å². The van der Waals surface area contributed by atoms with Crippen molar-refractivity contribution < 1.29 is 0 Å². The Morgan fingerprint density at radius 3 is 3.11 bits per heavy atom. The second-order valence-electron chi connectivity index (χ2n) is 4.15. The largest absolute Gasteiger partial charge is 0.368 e. The summed E-state index contributed by atoms with van der Waals surface area (Å²) < 4.78 is 0. The number of thiophene rings is 1. The van der Waals surface area contributed by atoms with Crippen molar-refractivity contribution in [2.24, 2.45) is 0 Å². The van der Waals surface area contributed by atoms with Gasteiger partial charge in [-0.15, -0.1) is 11.3 Å². The monoisotopic (exact) mass is 274 g/mol. The highest BCUT2D eigenvalue weighted by Crippen LogP contribution is 2.27. The van der Waals surface area contributed by atoms with Crippen molar-refractivity contribution in [3.05, 3.63) is 28.7 Å². The Bertz CT molecular complexity index is 675. The van der Waals surface area contributed by atoms with Gasteiger partial charge in [0.15, 0.2) is 11.5 Å². The number of aromatic nitrogens is 4. The molecule has 3 aromatic rings. The number of nitrogens with two attached hydrogens (primary N) is 1. The van der Waals surface area contributed by atoms with E-state index in [4.69, 9.17) is 5.73 Å². The zero-order chi connectivity index (χ0) is 13.2. The Morgan fingerprint density at radius 2 is 2.37 bits per heavy atom. The van der Waals surface area contributed by atoms with Crippen LogP contribution in [0.3, 0.4) is 0 Å². The second-order valence-corrected chi connectivity index (χ2v) is 5.13. The van der Waals surface area contributed by atoms with Gasteiger partial charge in [-0.25, -0.2) is 4.98 Å². The number of nitrogens with one attached hydrogen (secondary N) is 2. The third-order valence-corrected chi connectivity index (χ3v) is 3.89. The molecule has 0 aromatic carbocycles. The minimum absolute atomic E-state index is 0.209. The van der Waals surface area contributed by atoms with E-state index >= 15 is 0 Å². The van der Waals surface area contributed by atoms with Gasteiger partial charge >= 0.3 is 0 Å². The molecule has 0 spiro atoms. The maximum atomic E-state index is 5.71. The average Bonchev–Trinajstić information content (AvgIpc) is 3.05. The fourth-order valence-corrected chi connectivity index (χ4v) is 2.84. The van der Waals surface area contributed by atoms with Gasteiger partial charge in [0.05, 0.1) is 12.4 Å². The molecule has 0 bridgehead atoms. The van der Waals surface area contributed by atoms with Crippen molar-refractivity contribution >= 4 is 34.3 Å². The molecule has 6 nitrogen and oxygen atoms in total. The third kappa shape index (κ3) is 2.24. The minimum Gasteiger partial charge on any atom is -0.368 e. The van der Waals surface area contributed by atoms with E-state index in [1.165, 1.54) is 4.88 Å². The number of H-pyrrole nitrogens is 1. The number of hydrogen-bond acceptors (Lipinski definition) is 6. The lowest BCUT2D eigenvalue weighted by molar-refractivity contribution is 0.760. The summed E-state index contributed by atoms with van der Waals surface area (Å²) in [6, 6.07) is 4.37. The normalized spacial score (nSPS) is 12.7. The highest BCUT2D eigenvalue weighted by Gasteiger charge is 2.14. The first-order chi connectivity index (χ1) is 9.28. The Labute approximate surface area is 114 Å². The van der Waals surface area contributed by atoms with E-state index in [0.29, 0.717) is 11.5 Å². The zero-order valence-corrected chi connectivity index (χ0v) is 11.2. The summed E-state index contributed by atoms with van der Waals surface area (Å²) in [7, 11) is 0. The van der Waals surface area contributed by atoms with Gasteiger partial charge in [0, 0.05) is 4.88 Å². The number of imidazole rings is 1. The van der Waals surface area contributed by atoms with Crippen LogP contribution in [0.5, 0.6) is 0 Å². The van der Waals surface area contributed by atoms with Crippen LogP contribution in [-0.4, -0.2) is 19.9 Å². The molecule has 0 fully saturated rings. The van der Waals surface area contributed by atoms with Crippen molar-refractivity contribution in [3.63, 3.8) is 0 Å². The van der Waals surface area contributed by atoms with Gasteiger partial charge in [0.1, 0.15) is 5.52 Å². The number of rotatable bonds is 4. The lowest BCUT2D eigenvalue weighted by Crippen LogP contribution is -2.11. The highest BCUT2D eigenvalue weighted by atomic mass is 32.1. The first kappa shape index (κ1) is 11.9. The molecule has 0 amide bonds. The molecular formula is C12H14N6S. The molecule has 3 heterocycles. The molecule has 0 radical (unpaired) electrons. The summed E-state index contributed by atoms with van der Waals surface area (Å²) in [5.41, 5.74) is 7.07. The molecule has 0 aliphatic rings. The van der Waals surface area contributed by atoms with Crippen LogP contribution in [0.4, 0.5) is 11.8 Å².